The third kappa shape index (κ3) is 3.10. The molecule has 5 heteroatoms. The molecule has 0 fully saturated rings. The molecular weight excluding hydrogens is 246 g/mol. The monoisotopic (exact) mass is 265 g/mol. The number of fused-ring (bicyclic) bond motifs is 1. The van der Waals surface area contributed by atoms with Gasteiger partial charge >= 0.3 is 0 Å². The van der Waals surface area contributed by atoms with Gasteiger partial charge in [-0.2, -0.15) is 4.98 Å². The third-order valence-corrected chi connectivity index (χ3v) is 3.41. The van der Waals surface area contributed by atoms with Gasteiger partial charge in [-0.1, -0.05) is 20.8 Å². The molecule has 2 rings (SSSR count). The largest absolute Gasteiger partial charge is 0.477 e. The van der Waals surface area contributed by atoms with E-state index in [0.29, 0.717) is 18.4 Å². The Hall–Kier alpha value is -1.36. The number of hydrogen-bond donors (Lipinski definition) is 1. The highest BCUT2D eigenvalue weighted by Crippen LogP contribution is 2.28. The topological polar surface area (TPSA) is 47.0 Å². The van der Waals surface area contributed by atoms with Crippen molar-refractivity contribution in [2.45, 2.75) is 27.2 Å². The average molecular weight is 265 g/mol. The van der Waals surface area contributed by atoms with Crippen LogP contribution < -0.4 is 10.1 Å². The Balaban J connectivity index is 2.18. The van der Waals surface area contributed by atoms with Gasteiger partial charge in [0.1, 0.15) is 4.83 Å². The van der Waals surface area contributed by atoms with Crippen molar-refractivity contribution in [1.82, 2.24) is 9.97 Å². The predicted molar refractivity (Wildman–Crippen MR) is 76.5 cm³/mol. The van der Waals surface area contributed by atoms with Gasteiger partial charge in [-0.15, -0.1) is 11.3 Å². The van der Waals surface area contributed by atoms with Gasteiger partial charge in [0.15, 0.2) is 0 Å². The molecule has 2 aromatic heterocycles. The zero-order chi connectivity index (χ0) is 13.2. The van der Waals surface area contributed by atoms with Gasteiger partial charge in [0.25, 0.3) is 0 Å². The van der Waals surface area contributed by atoms with E-state index in [-0.39, 0.29) is 5.41 Å². The molecule has 0 bridgehead atoms. The van der Waals surface area contributed by atoms with Crippen LogP contribution in [0.2, 0.25) is 0 Å². The summed E-state index contributed by atoms with van der Waals surface area (Å²) in [5.41, 5.74) is 0.270. The molecule has 18 heavy (non-hydrogen) atoms. The summed E-state index contributed by atoms with van der Waals surface area (Å²) in [7, 11) is 1.81. The zero-order valence-electron chi connectivity index (χ0n) is 11.3. The van der Waals surface area contributed by atoms with Crippen molar-refractivity contribution in [3.05, 3.63) is 11.4 Å². The van der Waals surface area contributed by atoms with Crippen molar-refractivity contribution < 1.29 is 4.74 Å². The maximum atomic E-state index is 5.81. The number of thiophene rings is 1. The number of ether oxygens (including phenoxy) is 1. The van der Waals surface area contributed by atoms with Gasteiger partial charge in [-0.3, -0.25) is 0 Å². The SMILES string of the molecule is CNc1nc(OCCC(C)(C)C)c2ccsc2n1. The third-order valence-electron chi connectivity index (χ3n) is 2.60. The molecule has 0 saturated heterocycles. The second-order valence-electron chi connectivity index (χ2n) is 5.40. The molecule has 2 aromatic rings. The van der Waals surface area contributed by atoms with E-state index in [1.165, 1.54) is 0 Å². The second-order valence-corrected chi connectivity index (χ2v) is 6.30. The van der Waals surface area contributed by atoms with Crippen molar-refractivity contribution in [3.63, 3.8) is 0 Å². The van der Waals surface area contributed by atoms with Gasteiger partial charge in [0, 0.05) is 7.05 Å². The smallest absolute Gasteiger partial charge is 0.227 e. The fraction of sp³-hybridized carbons (Fsp3) is 0.538. The van der Waals surface area contributed by atoms with Crippen molar-refractivity contribution in [2.75, 3.05) is 19.0 Å². The molecular formula is C13H19N3OS. The van der Waals surface area contributed by atoms with Crippen LogP contribution in [0.15, 0.2) is 11.4 Å². The molecule has 0 spiro atoms. The van der Waals surface area contributed by atoms with Crippen LogP contribution >= 0.6 is 11.3 Å². The first-order valence-corrected chi connectivity index (χ1v) is 6.93. The van der Waals surface area contributed by atoms with E-state index >= 15 is 0 Å². The molecule has 0 atom stereocenters. The minimum Gasteiger partial charge on any atom is -0.477 e. The van der Waals surface area contributed by atoms with E-state index in [0.717, 1.165) is 16.6 Å². The molecule has 0 aliphatic heterocycles. The van der Waals surface area contributed by atoms with Crippen LogP contribution in [0.25, 0.3) is 10.2 Å². The lowest BCUT2D eigenvalue weighted by atomic mass is 9.93. The molecule has 0 amide bonds. The fourth-order valence-electron chi connectivity index (χ4n) is 1.50. The Morgan fingerprint density at radius 1 is 1.33 bits per heavy atom. The van der Waals surface area contributed by atoms with Crippen LogP contribution in [0.3, 0.4) is 0 Å². The first kappa shape index (κ1) is 13.1. The zero-order valence-corrected chi connectivity index (χ0v) is 12.1. The van der Waals surface area contributed by atoms with E-state index < -0.39 is 0 Å². The average Bonchev–Trinajstić information content (AvgIpc) is 2.75. The summed E-state index contributed by atoms with van der Waals surface area (Å²) < 4.78 is 5.81. The lowest BCUT2D eigenvalue weighted by molar-refractivity contribution is 0.239. The van der Waals surface area contributed by atoms with Crippen LogP contribution in [0.5, 0.6) is 5.88 Å². The Bertz CT molecular complexity index is 531. The standard InChI is InChI=1S/C13H19N3OS/c1-13(2,3)6-7-17-10-9-5-8-18-11(9)16-12(14-4)15-10/h5,8H,6-7H2,1-4H3,(H,14,15,16). The molecule has 0 unspecified atom stereocenters. The van der Waals surface area contributed by atoms with Crippen molar-refractivity contribution in [3.8, 4) is 5.88 Å². The molecule has 4 nitrogen and oxygen atoms in total. The Kier molecular flexibility index (Phi) is 3.71. The van der Waals surface area contributed by atoms with Gasteiger partial charge < -0.3 is 10.1 Å². The van der Waals surface area contributed by atoms with E-state index in [4.69, 9.17) is 4.74 Å². The Labute approximate surface area is 111 Å². The lowest BCUT2D eigenvalue weighted by Crippen LogP contribution is -2.12. The highest BCUT2D eigenvalue weighted by Gasteiger charge is 2.13. The van der Waals surface area contributed by atoms with Gasteiger partial charge in [0.05, 0.1) is 12.0 Å². The Morgan fingerprint density at radius 2 is 2.11 bits per heavy atom. The van der Waals surface area contributed by atoms with Gasteiger partial charge in [-0.05, 0) is 23.3 Å². The van der Waals surface area contributed by atoms with Gasteiger partial charge in [-0.25, -0.2) is 4.98 Å². The molecule has 0 aromatic carbocycles. The molecule has 98 valence electrons. The summed E-state index contributed by atoms with van der Waals surface area (Å²) in [6.45, 7) is 7.29. The first-order chi connectivity index (χ1) is 8.49. The van der Waals surface area contributed by atoms with Crippen LogP contribution in [-0.2, 0) is 0 Å². The Morgan fingerprint density at radius 3 is 2.78 bits per heavy atom. The van der Waals surface area contributed by atoms with Crippen LogP contribution in [0.4, 0.5) is 5.95 Å². The van der Waals surface area contributed by atoms with Crippen molar-refractivity contribution >= 4 is 27.5 Å². The summed E-state index contributed by atoms with van der Waals surface area (Å²) in [6.07, 6.45) is 0.998. The van der Waals surface area contributed by atoms with E-state index in [2.05, 4.69) is 36.1 Å². The number of aromatic nitrogens is 2. The minimum absolute atomic E-state index is 0.270. The number of hydrogen-bond acceptors (Lipinski definition) is 5. The first-order valence-electron chi connectivity index (χ1n) is 6.05. The van der Waals surface area contributed by atoms with Gasteiger partial charge in [0.2, 0.25) is 11.8 Å². The number of rotatable bonds is 4. The van der Waals surface area contributed by atoms with E-state index in [1.807, 2.05) is 18.5 Å². The van der Waals surface area contributed by atoms with Crippen LogP contribution in [0.1, 0.15) is 27.2 Å². The summed E-state index contributed by atoms with van der Waals surface area (Å²) >= 11 is 1.60. The molecule has 0 saturated carbocycles. The van der Waals surface area contributed by atoms with Crippen LogP contribution in [0, 0.1) is 5.41 Å². The highest BCUT2D eigenvalue weighted by molar-refractivity contribution is 7.16. The van der Waals surface area contributed by atoms with Crippen molar-refractivity contribution in [1.29, 1.82) is 0 Å². The van der Waals surface area contributed by atoms with E-state index in [1.54, 1.807) is 11.3 Å². The second kappa shape index (κ2) is 5.10. The molecule has 0 aliphatic carbocycles. The summed E-state index contributed by atoms with van der Waals surface area (Å²) in [5, 5.41) is 5.96. The summed E-state index contributed by atoms with van der Waals surface area (Å²) in [5.74, 6) is 1.28. The number of anilines is 1. The lowest BCUT2D eigenvalue weighted by Gasteiger charge is -2.18. The quantitative estimate of drug-likeness (QED) is 0.918. The molecule has 0 aliphatic rings. The maximum absolute atomic E-state index is 5.81. The molecule has 0 radical (unpaired) electrons. The normalized spacial score (nSPS) is 11.8. The highest BCUT2D eigenvalue weighted by atomic mass is 32.1. The summed E-state index contributed by atoms with van der Waals surface area (Å²) in [4.78, 5) is 9.72. The molecule has 1 N–H and O–H groups in total. The predicted octanol–water partition coefficient (Wildman–Crippen LogP) is 3.55. The number of nitrogens with zero attached hydrogens (tertiary/aromatic N) is 2. The molecule has 2 heterocycles. The van der Waals surface area contributed by atoms with E-state index in [9.17, 15) is 0 Å². The fourth-order valence-corrected chi connectivity index (χ4v) is 2.26. The maximum Gasteiger partial charge on any atom is 0.227 e. The minimum atomic E-state index is 0.270. The number of nitrogens with one attached hydrogen (secondary N) is 1. The summed E-state index contributed by atoms with van der Waals surface area (Å²) in [6, 6.07) is 2.01. The van der Waals surface area contributed by atoms with Crippen LogP contribution in [-0.4, -0.2) is 23.6 Å². The van der Waals surface area contributed by atoms with Crippen molar-refractivity contribution in [2.24, 2.45) is 5.41 Å².